The summed E-state index contributed by atoms with van der Waals surface area (Å²) in [6.07, 6.45) is 0.191. The Hall–Kier alpha value is -1.38. The molecule has 0 saturated carbocycles. The van der Waals surface area contributed by atoms with Crippen LogP contribution in [0.25, 0.3) is 11.1 Å². The highest BCUT2D eigenvalue weighted by molar-refractivity contribution is 6.73. The molecule has 0 aliphatic carbocycles. The molecule has 0 radical (unpaired) electrons. The summed E-state index contributed by atoms with van der Waals surface area (Å²) in [5.74, 6) is 0. The lowest BCUT2D eigenvalue weighted by Crippen LogP contribution is -2.36. The molecule has 22 heavy (non-hydrogen) atoms. The van der Waals surface area contributed by atoms with E-state index in [1.165, 1.54) is 34.8 Å². The summed E-state index contributed by atoms with van der Waals surface area (Å²) in [5.41, 5.74) is 3.82. The predicted octanol–water partition coefficient (Wildman–Crippen LogP) is 6.44. The molecule has 1 atom stereocenters. The van der Waals surface area contributed by atoms with Crippen molar-refractivity contribution >= 4 is 8.32 Å². The summed E-state index contributed by atoms with van der Waals surface area (Å²) in [6, 6.07) is 23.0. The Bertz CT molecular complexity index is 550. The molecule has 0 N–H and O–H groups in total. The minimum Gasteiger partial charge on any atom is -0.410 e. The first-order chi connectivity index (χ1) is 10.6. The molecule has 0 unspecified atom stereocenters. The summed E-state index contributed by atoms with van der Waals surface area (Å²) < 4.78 is 6.56. The molecule has 0 amide bonds. The summed E-state index contributed by atoms with van der Waals surface area (Å²) >= 11 is 0. The Labute approximate surface area is 136 Å². The summed E-state index contributed by atoms with van der Waals surface area (Å²) in [6.45, 7) is 9.04. The van der Waals surface area contributed by atoms with Crippen molar-refractivity contribution in [2.45, 2.75) is 51.9 Å². The Morgan fingerprint density at radius 2 is 1.27 bits per heavy atom. The Morgan fingerprint density at radius 1 is 0.773 bits per heavy atom. The van der Waals surface area contributed by atoms with Crippen LogP contribution >= 0.6 is 0 Å². The smallest absolute Gasteiger partial charge is 0.192 e. The molecule has 118 valence electrons. The highest BCUT2D eigenvalue weighted by Crippen LogP contribution is 2.30. The maximum atomic E-state index is 6.56. The van der Waals surface area contributed by atoms with Crippen LogP contribution in [0, 0.1) is 0 Å². The second kappa shape index (κ2) is 7.75. The van der Waals surface area contributed by atoms with Crippen LogP contribution in [0.2, 0.25) is 18.1 Å². The number of hydrogen-bond donors (Lipinski definition) is 0. The van der Waals surface area contributed by atoms with Gasteiger partial charge in [0.2, 0.25) is 0 Å². The van der Waals surface area contributed by atoms with Crippen LogP contribution in [-0.4, -0.2) is 8.32 Å². The van der Waals surface area contributed by atoms with E-state index in [-0.39, 0.29) is 6.10 Å². The fourth-order valence-electron chi connectivity index (χ4n) is 3.02. The van der Waals surface area contributed by atoms with Crippen molar-refractivity contribution in [3.8, 4) is 11.1 Å². The van der Waals surface area contributed by atoms with Gasteiger partial charge in [-0.1, -0.05) is 75.4 Å². The number of rotatable bonds is 7. The Balaban J connectivity index is 2.13. The molecule has 0 saturated heterocycles. The van der Waals surface area contributed by atoms with Gasteiger partial charge in [0.1, 0.15) is 0 Å². The van der Waals surface area contributed by atoms with E-state index in [1.807, 2.05) is 0 Å². The van der Waals surface area contributed by atoms with Crippen molar-refractivity contribution in [1.29, 1.82) is 0 Å². The van der Waals surface area contributed by atoms with Crippen molar-refractivity contribution in [2.24, 2.45) is 0 Å². The van der Waals surface area contributed by atoms with E-state index >= 15 is 0 Å². The SMILES string of the molecule is CC[Si](CC)(CC)O[C@@H](C)c1ccc(-c2ccccc2)cc1. The fourth-order valence-corrected chi connectivity index (χ4v) is 5.91. The standard InChI is InChI=1S/C20H28OSi/c1-5-22(6-2,7-3)21-17(4)18-13-15-20(16-14-18)19-11-9-8-10-12-19/h8-17H,5-7H2,1-4H3/t17-/m0/s1. The van der Waals surface area contributed by atoms with Crippen LogP contribution in [0.5, 0.6) is 0 Å². The normalized spacial score (nSPS) is 13.1. The van der Waals surface area contributed by atoms with Crippen molar-refractivity contribution in [2.75, 3.05) is 0 Å². The van der Waals surface area contributed by atoms with Crippen molar-refractivity contribution in [3.05, 3.63) is 60.2 Å². The zero-order valence-electron chi connectivity index (χ0n) is 14.3. The lowest BCUT2D eigenvalue weighted by Gasteiger charge is -2.32. The van der Waals surface area contributed by atoms with E-state index in [1.54, 1.807) is 0 Å². The molecular weight excluding hydrogens is 284 g/mol. The molecule has 0 aliphatic rings. The molecule has 0 aliphatic heterocycles. The summed E-state index contributed by atoms with van der Waals surface area (Å²) in [5, 5.41) is 0. The summed E-state index contributed by atoms with van der Waals surface area (Å²) in [4.78, 5) is 0. The van der Waals surface area contributed by atoms with Crippen LogP contribution in [-0.2, 0) is 4.43 Å². The molecule has 2 heteroatoms. The van der Waals surface area contributed by atoms with Gasteiger partial charge in [-0.05, 0) is 41.7 Å². The molecule has 2 rings (SSSR count). The summed E-state index contributed by atoms with van der Waals surface area (Å²) in [7, 11) is -1.54. The van der Waals surface area contributed by atoms with Gasteiger partial charge < -0.3 is 4.43 Å². The van der Waals surface area contributed by atoms with Crippen LogP contribution in [0.3, 0.4) is 0 Å². The first kappa shape index (κ1) is 17.0. The highest BCUT2D eigenvalue weighted by Gasteiger charge is 2.31. The Kier molecular flexibility index (Phi) is 5.98. The molecule has 1 nitrogen and oxygen atoms in total. The van der Waals surface area contributed by atoms with E-state index in [9.17, 15) is 0 Å². The average molecular weight is 313 g/mol. The van der Waals surface area contributed by atoms with Gasteiger partial charge in [0.25, 0.3) is 0 Å². The number of benzene rings is 2. The third kappa shape index (κ3) is 3.87. The molecule has 0 bridgehead atoms. The first-order valence-electron chi connectivity index (χ1n) is 8.47. The maximum Gasteiger partial charge on any atom is 0.192 e. The second-order valence-electron chi connectivity index (χ2n) is 5.99. The van der Waals surface area contributed by atoms with Gasteiger partial charge in [-0.3, -0.25) is 0 Å². The zero-order valence-corrected chi connectivity index (χ0v) is 15.3. The van der Waals surface area contributed by atoms with Crippen molar-refractivity contribution in [3.63, 3.8) is 0 Å². The second-order valence-corrected chi connectivity index (χ2v) is 10.7. The minimum atomic E-state index is -1.54. The maximum absolute atomic E-state index is 6.56. The lowest BCUT2D eigenvalue weighted by atomic mass is 10.0. The molecule has 0 fully saturated rings. The fraction of sp³-hybridized carbons (Fsp3) is 0.400. The van der Waals surface area contributed by atoms with Gasteiger partial charge in [-0.15, -0.1) is 0 Å². The van der Waals surface area contributed by atoms with Crippen LogP contribution in [0.15, 0.2) is 54.6 Å². The first-order valence-corrected chi connectivity index (χ1v) is 11.0. The van der Waals surface area contributed by atoms with Gasteiger partial charge in [-0.25, -0.2) is 0 Å². The van der Waals surface area contributed by atoms with Crippen LogP contribution < -0.4 is 0 Å². The van der Waals surface area contributed by atoms with Crippen LogP contribution in [0.1, 0.15) is 39.4 Å². The van der Waals surface area contributed by atoms with Gasteiger partial charge in [-0.2, -0.15) is 0 Å². The Morgan fingerprint density at radius 3 is 1.77 bits per heavy atom. The van der Waals surface area contributed by atoms with E-state index in [2.05, 4.69) is 82.3 Å². The molecule has 2 aromatic rings. The van der Waals surface area contributed by atoms with Crippen molar-refractivity contribution < 1.29 is 4.43 Å². The quantitative estimate of drug-likeness (QED) is 0.535. The monoisotopic (exact) mass is 312 g/mol. The lowest BCUT2D eigenvalue weighted by molar-refractivity contribution is 0.210. The highest BCUT2D eigenvalue weighted by atomic mass is 28.4. The third-order valence-corrected chi connectivity index (χ3v) is 9.57. The van der Waals surface area contributed by atoms with Crippen molar-refractivity contribution in [1.82, 2.24) is 0 Å². The zero-order chi connectivity index (χ0) is 16.0. The molecule has 0 spiro atoms. The van der Waals surface area contributed by atoms with Gasteiger partial charge >= 0.3 is 0 Å². The largest absolute Gasteiger partial charge is 0.410 e. The minimum absolute atomic E-state index is 0.191. The average Bonchev–Trinajstić information content (AvgIpc) is 2.60. The molecular formula is C20H28OSi. The van der Waals surface area contributed by atoms with E-state index in [0.717, 1.165) is 0 Å². The molecule has 0 heterocycles. The molecule has 2 aromatic carbocycles. The van der Waals surface area contributed by atoms with Gasteiger partial charge in [0.05, 0.1) is 6.10 Å². The van der Waals surface area contributed by atoms with E-state index < -0.39 is 8.32 Å². The van der Waals surface area contributed by atoms with E-state index in [4.69, 9.17) is 4.43 Å². The molecule has 0 aromatic heterocycles. The predicted molar refractivity (Wildman–Crippen MR) is 98.6 cm³/mol. The van der Waals surface area contributed by atoms with E-state index in [0.29, 0.717) is 0 Å². The van der Waals surface area contributed by atoms with Gasteiger partial charge in [0, 0.05) is 0 Å². The van der Waals surface area contributed by atoms with Gasteiger partial charge in [0.15, 0.2) is 8.32 Å². The third-order valence-electron chi connectivity index (χ3n) is 4.85. The topological polar surface area (TPSA) is 9.23 Å². The number of hydrogen-bond acceptors (Lipinski definition) is 1. The van der Waals surface area contributed by atoms with Crippen LogP contribution in [0.4, 0.5) is 0 Å².